The minimum absolute atomic E-state index is 0. The maximum atomic E-state index is 11.7. The molecule has 0 bridgehead atoms. The van der Waals surface area contributed by atoms with Gasteiger partial charge in [-0.15, -0.1) is 12.4 Å². The van der Waals surface area contributed by atoms with Gasteiger partial charge in [-0.3, -0.25) is 9.59 Å². The Morgan fingerprint density at radius 1 is 1.30 bits per heavy atom. The minimum Gasteiger partial charge on any atom is -0.383 e. The zero-order valence-corrected chi connectivity index (χ0v) is 14.2. The summed E-state index contributed by atoms with van der Waals surface area (Å²) in [6.45, 7) is 2.97. The van der Waals surface area contributed by atoms with E-state index in [1.54, 1.807) is 7.11 Å². The van der Waals surface area contributed by atoms with E-state index >= 15 is 0 Å². The minimum atomic E-state index is -0.0847. The molecule has 0 saturated carbocycles. The van der Waals surface area contributed by atoms with E-state index in [9.17, 15) is 9.59 Å². The van der Waals surface area contributed by atoms with Crippen LogP contribution in [0.1, 0.15) is 18.4 Å². The molecular formula is C16H24ClN3O3. The molecule has 0 spiro atoms. The number of anilines is 1. The van der Waals surface area contributed by atoms with Crippen LogP contribution in [-0.2, 0) is 20.9 Å². The molecule has 23 heavy (non-hydrogen) atoms. The quantitative estimate of drug-likeness (QED) is 0.701. The maximum Gasteiger partial charge on any atom is 0.238 e. The van der Waals surface area contributed by atoms with Gasteiger partial charge in [0.1, 0.15) is 0 Å². The summed E-state index contributed by atoms with van der Waals surface area (Å²) >= 11 is 0. The lowest BCUT2D eigenvalue weighted by atomic mass is 10.2. The number of carbonyl (C=O) groups is 2. The van der Waals surface area contributed by atoms with Crippen molar-refractivity contribution in [1.29, 1.82) is 0 Å². The van der Waals surface area contributed by atoms with Crippen molar-refractivity contribution in [2.75, 3.05) is 38.7 Å². The molecule has 1 aromatic carbocycles. The number of hydrogen-bond donors (Lipinski definition) is 2. The molecular weight excluding hydrogens is 318 g/mol. The maximum absolute atomic E-state index is 11.7. The van der Waals surface area contributed by atoms with Crippen LogP contribution in [0.2, 0.25) is 0 Å². The molecule has 2 amide bonds. The van der Waals surface area contributed by atoms with Crippen LogP contribution in [0.15, 0.2) is 24.3 Å². The standard InChI is InChI=1S/C16H23N3O3.ClH/c1-22-10-8-17-11-15(20)18-14-6-4-13(5-7-14)12-19-9-2-3-16(19)21;/h4-7,17H,2-3,8-12H2,1H3,(H,18,20);1H. The molecule has 1 fully saturated rings. The van der Waals surface area contributed by atoms with Gasteiger partial charge in [0.15, 0.2) is 0 Å². The number of rotatable bonds is 8. The number of nitrogens with zero attached hydrogens (tertiary/aromatic N) is 1. The van der Waals surface area contributed by atoms with Gasteiger partial charge < -0.3 is 20.3 Å². The van der Waals surface area contributed by atoms with Crippen molar-refractivity contribution in [3.63, 3.8) is 0 Å². The Morgan fingerprint density at radius 3 is 2.65 bits per heavy atom. The summed E-state index contributed by atoms with van der Waals surface area (Å²) < 4.78 is 4.90. The van der Waals surface area contributed by atoms with Crippen molar-refractivity contribution >= 4 is 29.9 Å². The second-order valence-corrected chi connectivity index (χ2v) is 5.33. The van der Waals surface area contributed by atoms with E-state index in [1.165, 1.54) is 0 Å². The first kappa shape index (κ1) is 19.4. The van der Waals surface area contributed by atoms with E-state index in [0.717, 1.165) is 24.2 Å². The first-order chi connectivity index (χ1) is 10.7. The van der Waals surface area contributed by atoms with Gasteiger partial charge >= 0.3 is 0 Å². The van der Waals surface area contributed by atoms with E-state index < -0.39 is 0 Å². The second-order valence-electron chi connectivity index (χ2n) is 5.33. The van der Waals surface area contributed by atoms with Gasteiger partial charge in [0, 0.05) is 38.9 Å². The van der Waals surface area contributed by atoms with Gasteiger partial charge in [-0.05, 0) is 24.1 Å². The Kier molecular flexibility index (Phi) is 8.61. The Hall–Kier alpha value is -1.63. The lowest BCUT2D eigenvalue weighted by Gasteiger charge is -2.15. The molecule has 7 heteroatoms. The highest BCUT2D eigenvalue weighted by atomic mass is 35.5. The number of ether oxygens (including phenoxy) is 1. The number of likely N-dealkylation sites (tertiary alicyclic amines) is 1. The zero-order valence-electron chi connectivity index (χ0n) is 13.3. The van der Waals surface area contributed by atoms with Gasteiger partial charge in [0.2, 0.25) is 11.8 Å². The summed E-state index contributed by atoms with van der Waals surface area (Å²) in [6.07, 6.45) is 1.60. The molecule has 0 atom stereocenters. The van der Waals surface area contributed by atoms with Gasteiger partial charge in [-0.2, -0.15) is 0 Å². The first-order valence-corrected chi connectivity index (χ1v) is 7.55. The van der Waals surface area contributed by atoms with E-state index in [-0.39, 0.29) is 30.8 Å². The summed E-state index contributed by atoms with van der Waals surface area (Å²) in [5.41, 5.74) is 1.83. The summed E-state index contributed by atoms with van der Waals surface area (Å²) in [4.78, 5) is 25.2. The molecule has 1 saturated heterocycles. The molecule has 2 rings (SSSR count). The lowest BCUT2D eigenvalue weighted by Crippen LogP contribution is -2.30. The van der Waals surface area contributed by atoms with E-state index in [2.05, 4.69) is 10.6 Å². The molecule has 1 aromatic rings. The van der Waals surface area contributed by atoms with Gasteiger partial charge in [0.05, 0.1) is 13.2 Å². The Bertz CT molecular complexity index is 508. The Balaban J connectivity index is 0.00000264. The largest absolute Gasteiger partial charge is 0.383 e. The molecule has 1 aliphatic rings. The Labute approximate surface area is 143 Å². The molecule has 128 valence electrons. The van der Waals surface area contributed by atoms with E-state index in [4.69, 9.17) is 4.74 Å². The predicted octanol–water partition coefficient (Wildman–Crippen LogP) is 1.41. The fourth-order valence-electron chi connectivity index (χ4n) is 2.37. The third kappa shape index (κ3) is 6.56. The SMILES string of the molecule is COCCNCC(=O)Nc1ccc(CN2CCCC2=O)cc1.Cl. The molecule has 0 unspecified atom stereocenters. The van der Waals surface area contributed by atoms with Crippen molar-refractivity contribution in [2.45, 2.75) is 19.4 Å². The van der Waals surface area contributed by atoms with Crippen LogP contribution in [0.3, 0.4) is 0 Å². The van der Waals surface area contributed by atoms with Gasteiger partial charge in [-0.25, -0.2) is 0 Å². The fourth-order valence-corrected chi connectivity index (χ4v) is 2.37. The number of hydrogen-bond acceptors (Lipinski definition) is 4. The van der Waals surface area contributed by atoms with E-state index in [0.29, 0.717) is 26.1 Å². The third-order valence-corrected chi connectivity index (χ3v) is 3.55. The highest BCUT2D eigenvalue weighted by Gasteiger charge is 2.19. The molecule has 1 heterocycles. The monoisotopic (exact) mass is 341 g/mol. The molecule has 0 aliphatic carbocycles. The summed E-state index contributed by atoms with van der Waals surface area (Å²) in [7, 11) is 1.62. The van der Waals surface area contributed by atoms with Crippen molar-refractivity contribution in [3.05, 3.63) is 29.8 Å². The second kappa shape index (κ2) is 10.2. The van der Waals surface area contributed by atoms with Crippen molar-refractivity contribution < 1.29 is 14.3 Å². The summed E-state index contributed by atoms with van der Waals surface area (Å²) in [6, 6.07) is 7.62. The number of benzene rings is 1. The van der Waals surface area contributed by atoms with E-state index in [1.807, 2.05) is 29.2 Å². The highest BCUT2D eigenvalue weighted by molar-refractivity contribution is 5.92. The van der Waals surface area contributed by atoms with Crippen molar-refractivity contribution in [3.8, 4) is 0 Å². The van der Waals surface area contributed by atoms with Gasteiger partial charge in [0.25, 0.3) is 0 Å². The zero-order chi connectivity index (χ0) is 15.8. The number of methoxy groups -OCH3 is 1. The third-order valence-electron chi connectivity index (χ3n) is 3.55. The molecule has 0 radical (unpaired) electrons. The number of amides is 2. The highest BCUT2D eigenvalue weighted by Crippen LogP contribution is 2.16. The van der Waals surface area contributed by atoms with Crippen LogP contribution in [0.5, 0.6) is 0 Å². The first-order valence-electron chi connectivity index (χ1n) is 7.55. The topological polar surface area (TPSA) is 70.7 Å². The molecule has 2 N–H and O–H groups in total. The molecule has 1 aliphatic heterocycles. The van der Waals surface area contributed by atoms with Crippen LogP contribution in [0.4, 0.5) is 5.69 Å². The van der Waals surface area contributed by atoms with Gasteiger partial charge in [-0.1, -0.05) is 12.1 Å². The van der Waals surface area contributed by atoms with Crippen molar-refractivity contribution in [2.24, 2.45) is 0 Å². The van der Waals surface area contributed by atoms with Crippen LogP contribution < -0.4 is 10.6 Å². The fraction of sp³-hybridized carbons (Fsp3) is 0.500. The normalized spacial score (nSPS) is 13.8. The molecule has 6 nitrogen and oxygen atoms in total. The van der Waals surface area contributed by atoms with Crippen LogP contribution in [0, 0.1) is 0 Å². The van der Waals surface area contributed by atoms with Crippen LogP contribution >= 0.6 is 12.4 Å². The molecule has 0 aromatic heterocycles. The average molecular weight is 342 g/mol. The average Bonchev–Trinajstić information content (AvgIpc) is 2.91. The number of nitrogens with one attached hydrogen (secondary N) is 2. The number of carbonyl (C=O) groups excluding carboxylic acids is 2. The summed E-state index contributed by atoms with van der Waals surface area (Å²) in [5, 5.41) is 5.82. The predicted molar refractivity (Wildman–Crippen MR) is 91.7 cm³/mol. The van der Waals surface area contributed by atoms with Crippen molar-refractivity contribution in [1.82, 2.24) is 10.2 Å². The Morgan fingerprint density at radius 2 is 2.04 bits per heavy atom. The lowest BCUT2D eigenvalue weighted by molar-refractivity contribution is -0.128. The number of halogens is 1. The van der Waals surface area contributed by atoms with Crippen LogP contribution in [0.25, 0.3) is 0 Å². The summed E-state index contributed by atoms with van der Waals surface area (Å²) in [5.74, 6) is 0.137. The van der Waals surface area contributed by atoms with Crippen LogP contribution in [-0.4, -0.2) is 50.1 Å². The smallest absolute Gasteiger partial charge is 0.238 e.